The number of rotatable bonds is 4. The van der Waals surface area contributed by atoms with Crippen LogP contribution in [0.5, 0.6) is 0 Å². The Morgan fingerprint density at radius 3 is 2.74 bits per heavy atom. The average molecular weight is 340 g/mol. The van der Waals surface area contributed by atoms with E-state index in [0.717, 1.165) is 18.6 Å². The molecule has 1 fully saturated rings. The molecule has 1 aliphatic heterocycles. The number of hydrogen-bond acceptors (Lipinski definition) is 3. The van der Waals surface area contributed by atoms with Crippen LogP contribution < -0.4 is 5.32 Å². The van der Waals surface area contributed by atoms with E-state index in [1.54, 1.807) is 0 Å². The average Bonchev–Trinajstić information content (AvgIpc) is 2.73. The number of ether oxygens (including phenoxy) is 1. The van der Waals surface area contributed by atoms with E-state index >= 15 is 0 Å². The Morgan fingerprint density at radius 2 is 2.09 bits per heavy atom. The van der Waals surface area contributed by atoms with Crippen molar-refractivity contribution in [2.24, 2.45) is 0 Å². The lowest BCUT2D eigenvalue weighted by molar-refractivity contribution is 0.141. The summed E-state index contributed by atoms with van der Waals surface area (Å²) in [7, 11) is 4.02. The van der Waals surface area contributed by atoms with Crippen LogP contribution in [-0.2, 0) is 4.74 Å². The molecule has 0 unspecified atom stereocenters. The zero-order valence-electron chi connectivity index (χ0n) is 14.1. The molecule has 23 heavy (non-hydrogen) atoms. The SMILES string of the molecule is C[C@@H]1CCOCCN1C(=O)NC[C@H](c1ccc(Cl)cc1)N(C)C. The zero-order valence-corrected chi connectivity index (χ0v) is 14.8. The fraction of sp³-hybridized carbons (Fsp3) is 0.588. The first-order valence-electron chi connectivity index (χ1n) is 8.03. The maximum Gasteiger partial charge on any atom is 0.317 e. The molecule has 0 saturated carbocycles. The molecule has 1 N–H and O–H groups in total. The van der Waals surface area contributed by atoms with E-state index in [1.165, 1.54) is 0 Å². The van der Waals surface area contributed by atoms with Gasteiger partial charge in [0.2, 0.25) is 0 Å². The van der Waals surface area contributed by atoms with E-state index in [4.69, 9.17) is 16.3 Å². The summed E-state index contributed by atoms with van der Waals surface area (Å²) < 4.78 is 5.45. The van der Waals surface area contributed by atoms with Gasteiger partial charge in [-0.25, -0.2) is 4.79 Å². The molecule has 0 aliphatic carbocycles. The Balaban J connectivity index is 1.98. The number of nitrogens with zero attached hydrogens (tertiary/aromatic N) is 2. The van der Waals surface area contributed by atoms with E-state index in [1.807, 2.05) is 43.3 Å². The van der Waals surface area contributed by atoms with E-state index in [0.29, 0.717) is 24.7 Å². The Kier molecular flexibility index (Phi) is 6.69. The number of carbonyl (C=O) groups excluding carboxylic acids is 1. The first-order valence-corrected chi connectivity index (χ1v) is 8.41. The third kappa shape index (κ3) is 5.09. The molecular formula is C17H26ClN3O2. The van der Waals surface area contributed by atoms with Crippen molar-refractivity contribution >= 4 is 17.6 Å². The Morgan fingerprint density at radius 1 is 1.39 bits per heavy atom. The van der Waals surface area contributed by atoms with Gasteiger partial charge in [0.05, 0.1) is 12.6 Å². The molecule has 0 spiro atoms. The van der Waals surface area contributed by atoms with Gasteiger partial charge in [-0.3, -0.25) is 0 Å². The number of halogens is 1. The predicted octanol–water partition coefficient (Wildman–Crippen LogP) is 2.76. The molecule has 1 aromatic rings. The molecule has 0 aromatic heterocycles. The summed E-state index contributed by atoms with van der Waals surface area (Å²) in [5, 5.41) is 3.78. The van der Waals surface area contributed by atoms with Gasteiger partial charge in [0, 0.05) is 30.8 Å². The Hall–Kier alpha value is -1.30. The van der Waals surface area contributed by atoms with Crippen molar-refractivity contribution in [2.75, 3.05) is 40.4 Å². The second-order valence-electron chi connectivity index (χ2n) is 6.16. The minimum absolute atomic E-state index is 0.0242. The molecule has 128 valence electrons. The van der Waals surface area contributed by atoms with E-state index < -0.39 is 0 Å². The van der Waals surface area contributed by atoms with Crippen LogP contribution in [0, 0.1) is 0 Å². The number of nitrogens with one attached hydrogen (secondary N) is 1. The predicted molar refractivity (Wildman–Crippen MR) is 92.9 cm³/mol. The third-order valence-electron chi connectivity index (χ3n) is 4.27. The highest BCUT2D eigenvalue weighted by molar-refractivity contribution is 6.30. The smallest absolute Gasteiger partial charge is 0.317 e. The lowest BCUT2D eigenvalue weighted by Gasteiger charge is -2.29. The lowest BCUT2D eigenvalue weighted by Crippen LogP contribution is -2.47. The van der Waals surface area contributed by atoms with Gasteiger partial charge in [0.1, 0.15) is 0 Å². The molecule has 0 radical (unpaired) electrons. The molecule has 1 aliphatic rings. The first kappa shape index (κ1) is 18.0. The van der Waals surface area contributed by atoms with Gasteiger partial charge in [0.25, 0.3) is 0 Å². The van der Waals surface area contributed by atoms with Crippen LogP contribution in [-0.4, -0.2) is 62.3 Å². The molecular weight excluding hydrogens is 314 g/mol. The van der Waals surface area contributed by atoms with Gasteiger partial charge < -0.3 is 19.9 Å². The number of urea groups is 1. The molecule has 1 aromatic carbocycles. The normalized spacial score (nSPS) is 20.2. The molecule has 2 rings (SSSR count). The Labute approximate surface area is 143 Å². The van der Waals surface area contributed by atoms with E-state index in [9.17, 15) is 4.79 Å². The van der Waals surface area contributed by atoms with Crippen LogP contribution >= 0.6 is 11.6 Å². The molecule has 0 bridgehead atoms. The van der Waals surface area contributed by atoms with Crippen LogP contribution in [0.15, 0.2) is 24.3 Å². The summed E-state index contributed by atoms with van der Waals surface area (Å²) in [6, 6.07) is 8.04. The highest BCUT2D eigenvalue weighted by atomic mass is 35.5. The number of hydrogen-bond donors (Lipinski definition) is 1. The van der Waals surface area contributed by atoms with Crippen LogP contribution in [0.4, 0.5) is 4.79 Å². The summed E-state index contributed by atoms with van der Waals surface area (Å²) in [6.07, 6.45) is 0.877. The number of benzene rings is 1. The quantitative estimate of drug-likeness (QED) is 0.917. The molecule has 6 heteroatoms. The van der Waals surface area contributed by atoms with Gasteiger partial charge in [-0.2, -0.15) is 0 Å². The fourth-order valence-electron chi connectivity index (χ4n) is 2.77. The maximum absolute atomic E-state index is 12.5. The number of likely N-dealkylation sites (N-methyl/N-ethyl adjacent to an activating group) is 1. The van der Waals surface area contributed by atoms with Crippen molar-refractivity contribution in [1.82, 2.24) is 15.1 Å². The monoisotopic (exact) mass is 339 g/mol. The van der Waals surface area contributed by atoms with Crippen LogP contribution in [0.3, 0.4) is 0 Å². The largest absolute Gasteiger partial charge is 0.380 e. The topological polar surface area (TPSA) is 44.8 Å². The van der Waals surface area contributed by atoms with Gasteiger partial charge >= 0.3 is 6.03 Å². The summed E-state index contributed by atoms with van der Waals surface area (Å²) in [5.41, 5.74) is 1.13. The standard InChI is InChI=1S/C17H26ClN3O2/c1-13-8-10-23-11-9-21(13)17(22)19-12-16(20(2)3)14-4-6-15(18)7-5-14/h4-7,13,16H,8-12H2,1-3H3,(H,19,22)/t13-,16-/m1/s1. The van der Waals surface area contributed by atoms with Crippen molar-refractivity contribution in [3.8, 4) is 0 Å². The van der Waals surface area contributed by atoms with E-state index in [2.05, 4.69) is 17.1 Å². The highest BCUT2D eigenvalue weighted by Crippen LogP contribution is 2.20. The van der Waals surface area contributed by atoms with Crippen LogP contribution in [0.1, 0.15) is 24.9 Å². The molecule has 2 amide bonds. The summed E-state index contributed by atoms with van der Waals surface area (Å²) in [5.74, 6) is 0. The third-order valence-corrected chi connectivity index (χ3v) is 4.53. The fourth-order valence-corrected chi connectivity index (χ4v) is 2.89. The summed E-state index contributed by atoms with van der Waals surface area (Å²) in [4.78, 5) is 16.5. The van der Waals surface area contributed by atoms with Crippen molar-refractivity contribution < 1.29 is 9.53 Å². The second-order valence-corrected chi connectivity index (χ2v) is 6.60. The molecule has 1 saturated heterocycles. The number of carbonyl (C=O) groups is 1. The van der Waals surface area contributed by atoms with Crippen molar-refractivity contribution in [3.63, 3.8) is 0 Å². The minimum atomic E-state index is -0.0242. The molecule has 5 nitrogen and oxygen atoms in total. The van der Waals surface area contributed by atoms with Gasteiger partial charge in [-0.1, -0.05) is 23.7 Å². The van der Waals surface area contributed by atoms with Crippen molar-refractivity contribution in [3.05, 3.63) is 34.9 Å². The first-order chi connectivity index (χ1) is 11.0. The summed E-state index contributed by atoms with van der Waals surface area (Å²) in [6.45, 7) is 4.58. The zero-order chi connectivity index (χ0) is 16.8. The van der Waals surface area contributed by atoms with Gasteiger partial charge in [-0.05, 0) is 45.1 Å². The maximum atomic E-state index is 12.5. The van der Waals surface area contributed by atoms with E-state index in [-0.39, 0.29) is 18.1 Å². The van der Waals surface area contributed by atoms with Gasteiger partial charge in [-0.15, -0.1) is 0 Å². The van der Waals surface area contributed by atoms with Gasteiger partial charge in [0.15, 0.2) is 0 Å². The van der Waals surface area contributed by atoms with Crippen LogP contribution in [0.25, 0.3) is 0 Å². The van der Waals surface area contributed by atoms with Crippen LogP contribution in [0.2, 0.25) is 5.02 Å². The Bertz CT molecular complexity index is 507. The van der Waals surface area contributed by atoms with Crippen molar-refractivity contribution in [1.29, 1.82) is 0 Å². The minimum Gasteiger partial charge on any atom is -0.380 e. The highest BCUT2D eigenvalue weighted by Gasteiger charge is 2.23. The number of amides is 2. The lowest BCUT2D eigenvalue weighted by atomic mass is 10.1. The van der Waals surface area contributed by atoms with Crippen molar-refractivity contribution in [2.45, 2.75) is 25.4 Å². The molecule has 1 heterocycles. The summed E-state index contributed by atoms with van der Waals surface area (Å²) >= 11 is 5.95. The molecule has 2 atom stereocenters. The second kappa shape index (κ2) is 8.52.